The molecule has 1 atom stereocenters. The fraction of sp³-hybridized carbons (Fsp3) is 0.647. The van der Waals surface area contributed by atoms with E-state index in [0.29, 0.717) is 12.6 Å². The van der Waals surface area contributed by atoms with Crippen molar-refractivity contribution < 1.29 is 14.9 Å². The Balaban J connectivity index is 2.39. The minimum absolute atomic E-state index is 0.0523. The first-order valence-electron chi connectivity index (χ1n) is 7.76. The molecule has 21 heavy (non-hydrogen) atoms. The molecule has 0 aliphatic rings. The zero-order chi connectivity index (χ0) is 15.7. The third-order valence-corrected chi connectivity index (χ3v) is 3.75. The van der Waals surface area contributed by atoms with Crippen molar-refractivity contribution in [1.82, 2.24) is 5.32 Å². The van der Waals surface area contributed by atoms with Gasteiger partial charge in [0.05, 0.1) is 19.8 Å². The first kappa shape index (κ1) is 18.0. The van der Waals surface area contributed by atoms with Crippen molar-refractivity contribution in [3.8, 4) is 5.75 Å². The second-order valence-corrected chi connectivity index (χ2v) is 5.85. The molecule has 1 rings (SSSR count). The highest BCUT2D eigenvalue weighted by Crippen LogP contribution is 2.19. The van der Waals surface area contributed by atoms with Crippen LogP contribution in [0, 0.1) is 0 Å². The maximum atomic E-state index is 9.67. The van der Waals surface area contributed by atoms with Gasteiger partial charge >= 0.3 is 0 Å². The number of ether oxygens (including phenoxy) is 1. The van der Waals surface area contributed by atoms with E-state index in [9.17, 15) is 5.11 Å². The monoisotopic (exact) mass is 295 g/mol. The largest absolute Gasteiger partial charge is 0.494 e. The van der Waals surface area contributed by atoms with E-state index >= 15 is 0 Å². The van der Waals surface area contributed by atoms with Crippen LogP contribution in [0.1, 0.15) is 45.6 Å². The predicted octanol–water partition coefficient (Wildman–Crippen LogP) is 2.48. The van der Waals surface area contributed by atoms with Crippen molar-refractivity contribution in [1.29, 1.82) is 0 Å². The molecule has 120 valence electrons. The summed E-state index contributed by atoms with van der Waals surface area (Å²) in [7, 11) is 0. The Morgan fingerprint density at radius 3 is 2.33 bits per heavy atom. The van der Waals surface area contributed by atoms with Crippen molar-refractivity contribution in [3.63, 3.8) is 0 Å². The second-order valence-electron chi connectivity index (χ2n) is 5.85. The molecular formula is C17H29NO3. The lowest BCUT2D eigenvalue weighted by atomic mass is 9.90. The topological polar surface area (TPSA) is 61.7 Å². The molecular weight excluding hydrogens is 266 g/mol. The molecule has 3 N–H and O–H groups in total. The molecule has 0 fully saturated rings. The Morgan fingerprint density at radius 2 is 1.86 bits per heavy atom. The van der Waals surface area contributed by atoms with Crippen LogP contribution in [0.2, 0.25) is 0 Å². The van der Waals surface area contributed by atoms with Gasteiger partial charge in [-0.25, -0.2) is 0 Å². The SMILES string of the molecule is CCC(CO)(CCCOc1ccc(CO)cc1)NC(C)C. The van der Waals surface area contributed by atoms with Crippen LogP contribution in [-0.2, 0) is 6.61 Å². The molecule has 0 aliphatic carbocycles. The minimum Gasteiger partial charge on any atom is -0.494 e. The van der Waals surface area contributed by atoms with E-state index in [1.54, 1.807) is 0 Å². The highest BCUT2D eigenvalue weighted by Gasteiger charge is 2.27. The van der Waals surface area contributed by atoms with Crippen molar-refractivity contribution in [3.05, 3.63) is 29.8 Å². The molecule has 0 amide bonds. The van der Waals surface area contributed by atoms with Gasteiger partial charge in [-0.1, -0.05) is 32.9 Å². The fourth-order valence-corrected chi connectivity index (χ4v) is 2.49. The first-order chi connectivity index (χ1) is 10.0. The van der Waals surface area contributed by atoms with Crippen molar-refractivity contribution in [2.24, 2.45) is 0 Å². The van der Waals surface area contributed by atoms with Crippen molar-refractivity contribution >= 4 is 0 Å². The van der Waals surface area contributed by atoms with Gasteiger partial charge in [0.25, 0.3) is 0 Å². The third-order valence-electron chi connectivity index (χ3n) is 3.75. The Bertz CT molecular complexity index is 386. The zero-order valence-corrected chi connectivity index (χ0v) is 13.4. The van der Waals surface area contributed by atoms with E-state index in [4.69, 9.17) is 9.84 Å². The fourth-order valence-electron chi connectivity index (χ4n) is 2.49. The average Bonchev–Trinajstić information content (AvgIpc) is 2.50. The smallest absolute Gasteiger partial charge is 0.119 e. The number of aliphatic hydroxyl groups is 2. The predicted molar refractivity (Wildman–Crippen MR) is 85.5 cm³/mol. The number of rotatable bonds is 10. The van der Waals surface area contributed by atoms with Crippen LogP contribution in [0.5, 0.6) is 5.75 Å². The molecule has 0 aromatic heterocycles. The molecule has 4 nitrogen and oxygen atoms in total. The lowest BCUT2D eigenvalue weighted by Crippen LogP contribution is -2.51. The minimum atomic E-state index is -0.210. The van der Waals surface area contributed by atoms with Crippen LogP contribution in [0.3, 0.4) is 0 Å². The standard InChI is InChI=1S/C17H29NO3/c1-4-17(13-20,18-14(2)3)10-5-11-21-16-8-6-15(12-19)7-9-16/h6-9,14,18-20H,4-5,10-13H2,1-3H3. The maximum absolute atomic E-state index is 9.67. The summed E-state index contributed by atoms with van der Waals surface area (Å²) >= 11 is 0. The highest BCUT2D eigenvalue weighted by molar-refractivity contribution is 5.26. The molecule has 1 unspecified atom stereocenters. The number of benzene rings is 1. The quantitative estimate of drug-likeness (QED) is 0.580. The molecule has 0 heterocycles. The Kier molecular flexibility index (Phi) is 7.72. The number of hydrogen-bond acceptors (Lipinski definition) is 4. The van der Waals surface area contributed by atoms with Crippen LogP contribution >= 0.6 is 0 Å². The molecule has 0 aliphatic heterocycles. The third kappa shape index (κ3) is 6.04. The van der Waals surface area contributed by atoms with Crippen LogP contribution in [0.25, 0.3) is 0 Å². The summed E-state index contributed by atoms with van der Waals surface area (Å²) < 4.78 is 5.70. The second kappa shape index (κ2) is 9.03. The maximum Gasteiger partial charge on any atom is 0.119 e. The van der Waals surface area contributed by atoms with E-state index in [1.165, 1.54) is 0 Å². The summed E-state index contributed by atoms with van der Waals surface area (Å²) in [6.45, 7) is 7.11. The Hall–Kier alpha value is -1.10. The molecule has 1 aromatic carbocycles. The summed E-state index contributed by atoms with van der Waals surface area (Å²) in [5, 5.41) is 22.1. The lowest BCUT2D eigenvalue weighted by molar-refractivity contribution is 0.129. The molecule has 0 bridgehead atoms. The van der Waals surface area contributed by atoms with Crippen LogP contribution in [0.4, 0.5) is 0 Å². The van der Waals surface area contributed by atoms with Gasteiger partial charge in [-0.15, -0.1) is 0 Å². The van der Waals surface area contributed by atoms with Crippen LogP contribution in [-0.4, -0.2) is 35.0 Å². The average molecular weight is 295 g/mol. The summed E-state index contributed by atoms with van der Waals surface area (Å²) in [6.07, 6.45) is 2.66. The molecule has 0 spiro atoms. The lowest BCUT2D eigenvalue weighted by Gasteiger charge is -2.34. The van der Waals surface area contributed by atoms with Crippen molar-refractivity contribution in [2.45, 2.75) is 58.2 Å². The molecule has 0 radical (unpaired) electrons. The summed E-state index contributed by atoms with van der Waals surface area (Å²) in [6, 6.07) is 7.82. The number of hydrogen-bond donors (Lipinski definition) is 3. The van der Waals surface area contributed by atoms with E-state index in [0.717, 1.165) is 30.6 Å². The van der Waals surface area contributed by atoms with Gasteiger partial charge in [0, 0.05) is 11.6 Å². The normalized spacial score (nSPS) is 14.2. The summed E-state index contributed by atoms with van der Waals surface area (Å²) in [5.41, 5.74) is 0.673. The van der Waals surface area contributed by atoms with Crippen LogP contribution < -0.4 is 10.1 Å². The number of aliphatic hydroxyl groups excluding tert-OH is 2. The molecule has 0 saturated heterocycles. The van der Waals surface area contributed by atoms with E-state index < -0.39 is 0 Å². The van der Waals surface area contributed by atoms with Gasteiger partial charge in [0.2, 0.25) is 0 Å². The van der Waals surface area contributed by atoms with Gasteiger partial charge in [0.15, 0.2) is 0 Å². The highest BCUT2D eigenvalue weighted by atomic mass is 16.5. The zero-order valence-electron chi connectivity index (χ0n) is 13.4. The van der Waals surface area contributed by atoms with Gasteiger partial charge in [-0.05, 0) is 37.0 Å². The molecule has 0 saturated carbocycles. The summed E-state index contributed by atoms with van der Waals surface area (Å²) in [4.78, 5) is 0. The Labute approximate surface area is 128 Å². The molecule has 1 aromatic rings. The Morgan fingerprint density at radius 1 is 1.19 bits per heavy atom. The number of nitrogens with one attached hydrogen (secondary N) is 1. The van der Waals surface area contributed by atoms with Gasteiger partial charge < -0.3 is 20.3 Å². The first-order valence-corrected chi connectivity index (χ1v) is 7.76. The molecule has 4 heteroatoms. The van der Waals surface area contributed by atoms with E-state index in [-0.39, 0.29) is 18.8 Å². The van der Waals surface area contributed by atoms with E-state index in [1.807, 2.05) is 24.3 Å². The summed E-state index contributed by atoms with van der Waals surface area (Å²) in [5.74, 6) is 0.815. The van der Waals surface area contributed by atoms with Gasteiger partial charge in [-0.3, -0.25) is 0 Å². The van der Waals surface area contributed by atoms with Gasteiger partial charge in [-0.2, -0.15) is 0 Å². The van der Waals surface area contributed by atoms with Gasteiger partial charge in [0.1, 0.15) is 5.75 Å². The van der Waals surface area contributed by atoms with Crippen LogP contribution in [0.15, 0.2) is 24.3 Å². The van der Waals surface area contributed by atoms with E-state index in [2.05, 4.69) is 26.1 Å². The van der Waals surface area contributed by atoms with Crippen molar-refractivity contribution in [2.75, 3.05) is 13.2 Å².